The van der Waals surface area contributed by atoms with Gasteiger partial charge in [0.1, 0.15) is 0 Å². The molecule has 4 nitrogen and oxygen atoms in total. The van der Waals surface area contributed by atoms with E-state index in [9.17, 15) is 9.90 Å². The van der Waals surface area contributed by atoms with Gasteiger partial charge in [0.25, 0.3) is 5.91 Å². The number of amides is 1. The zero-order valence-corrected chi connectivity index (χ0v) is 10.9. The number of hydrogen-bond acceptors (Lipinski definition) is 3. The summed E-state index contributed by atoms with van der Waals surface area (Å²) in [6, 6.07) is 1.68. The summed E-state index contributed by atoms with van der Waals surface area (Å²) in [6.45, 7) is 1.43. The summed E-state index contributed by atoms with van der Waals surface area (Å²) < 4.78 is 5.57. The third-order valence-corrected chi connectivity index (χ3v) is 4.57. The van der Waals surface area contributed by atoms with Gasteiger partial charge in [0.2, 0.25) is 0 Å². The van der Waals surface area contributed by atoms with Crippen LogP contribution in [0.4, 0.5) is 0 Å². The third-order valence-electron chi connectivity index (χ3n) is 3.95. The maximum atomic E-state index is 12.2. The largest absolute Gasteiger partial charge is 0.457 e. The highest BCUT2D eigenvalue weighted by Crippen LogP contribution is 2.38. The van der Waals surface area contributed by atoms with E-state index in [0.717, 1.165) is 19.4 Å². The minimum atomic E-state index is -0.231. The van der Waals surface area contributed by atoms with Gasteiger partial charge in [-0.15, -0.1) is 0 Å². The van der Waals surface area contributed by atoms with Gasteiger partial charge < -0.3 is 14.4 Å². The number of aliphatic hydroxyl groups excluding tert-OH is 1. The highest BCUT2D eigenvalue weighted by Gasteiger charge is 2.43. The molecule has 5 heteroatoms. The number of carbonyl (C=O) groups excluding carboxylic acids is 1. The lowest BCUT2D eigenvalue weighted by Gasteiger charge is -2.17. The van der Waals surface area contributed by atoms with Crippen molar-refractivity contribution in [2.45, 2.75) is 18.9 Å². The van der Waals surface area contributed by atoms with Crippen LogP contribution in [0, 0.1) is 11.8 Å². The van der Waals surface area contributed by atoms with E-state index in [-0.39, 0.29) is 17.9 Å². The Kier molecular flexibility index (Phi) is 2.75. The van der Waals surface area contributed by atoms with Crippen LogP contribution < -0.4 is 0 Å². The summed E-state index contributed by atoms with van der Waals surface area (Å²) in [5.41, 5.74) is 0.569. The molecule has 2 aliphatic rings. The van der Waals surface area contributed by atoms with E-state index < -0.39 is 0 Å². The number of nitrogens with zero attached hydrogens (tertiary/aromatic N) is 1. The first-order valence-corrected chi connectivity index (χ1v) is 6.66. The molecule has 3 rings (SSSR count). The quantitative estimate of drug-likeness (QED) is 0.861. The normalized spacial score (nSPS) is 31.9. The van der Waals surface area contributed by atoms with Crippen molar-refractivity contribution in [3.8, 4) is 0 Å². The summed E-state index contributed by atoms with van der Waals surface area (Å²) >= 11 is 3.22. The third kappa shape index (κ3) is 1.81. The Bertz CT molecular complexity index is 445. The highest BCUT2D eigenvalue weighted by atomic mass is 79.9. The second-order valence-electron chi connectivity index (χ2n) is 4.89. The van der Waals surface area contributed by atoms with Gasteiger partial charge in [-0.1, -0.05) is 0 Å². The molecule has 0 radical (unpaired) electrons. The minimum absolute atomic E-state index is 0.00720. The number of hydrogen-bond donors (Lipinski definition) is 1. The molecule has 1 N–H and O–H groups in total. The van der Waals surface area contributed by atoms with E-state index in [2.05, 4.69) is 15.9 Å². The molecular formula is C12H14BrNO3. The lowest BCUT2D eigenvalue weighted by molar-refractivity contribution is 0.0750. The summed E-state index contributed by atoms with van der Waals surface area (Å²) in [5.74, 6) is 0.733. The fourth-order valence-electron chi connectivity index (χ4n) is 3.02. The van der Waals surface area contributed by atoms with Gasteiger partial charge in [0.05, 0.1) is 17.9 Å². The zero-order valence-electron chi connectivity index (χ0n) is 9.30. The van der Waals surface area contributed by atoms with Gasteiger partial charge in [0, 0.05) is 19.0 Å². The molecule has 1 aliphatic carbocycles. The minimum Gasteiger partial charge on any atom is -0.457 e. The highest BCUT2D eigenvalue weighted by molar-refractivity contribution is 9.10. The van der Waals surface area contributed by atoms with Crippen LogP contribution in [0.5, 0.6) is 0 Å². The van der Waals surface area contributed by atoms with Crippen molar-refractivity contribution in [3.63, 3.8) is 0 Å². The van der Waals surface area contributed by atoms with E-state index >= 15 is 0 Å². The van der Waals surface area contributed by atoms with Gasteiger partial charge in [-0.2, -0.15) is 0 Å². The second-order valence-corrected chi connectivity index (χ2v) is 5.61. The fourth-order valence-corrected chi connectivity index (χ4v) is 3.43. The van der Waals surface area contributed by atoms with Gasteiger partial charge in [-0.25, -0.2) is 0 Å². The van der Waals surface area contributed by atoms with Gasteiger partial charge in [-0.05, 0) is 40.8 Å². The lowest BCUT2D eigenvalue weighted by atomic mass is 10.00. The van der Waals surface area contributed by atoms with Crippen molar-refractivity contribution in [1.82, 2.24) is 4.90 Å². The van der Waals surface area contributed by atoms with Crippen LogP contribution >= 0.6 is 15.9 Å². The average Bonchev–Trinajstić information content (AvgIpc) is 2.96. The molecule has 92 valence electrons. The summed E-state index contributed by atoms with van der Waals surface area (Å²) in [7, 11) is 0. The zero-order chi connectivity index (χ0) is 12.0. The van der Waals surface area contributed by atoms with Crippen LogP contribution in [0.2, 0.25) is 0 Å². The first-order chi connectivity index (χ1) is 8.16. The monoisotopic (exact) mass is 299 g/mol. The standard InChI is InChI=1S/C12H14BrNO3/c13-11-8(3-4-17-11)12(16)14-5-7-1-2-10(15)9(7)6-14/h3-4,7,9-10,15H,1-2,5-6H2. The van der Waals surface area contributed by atoms with Crippen LogP contribution in [-0.2, 0) is 0 Å². The molecule has 2 fully saturated rings. The molecule has 1 aromatic heterocycles. The molecule has 1 saturated carbocycles. The Morgan fingerprint density at radius 2 is 2.29 bits per heavy atom. The summed E-state index contributed by atoms with van der Waals surface area (Å²) in [4.78, 5) is 14.0. The lowest BCUT2D eigenvalue weighted by Crippen LogP contribution is -2.30. The van der Waals surface area contributed by atoms with Crippen molar-refractivity contribution >= 4 is 21.8 Å². The summed E-state index contributed by atoms with van der Waals surface area (Å²) in [5, 5.41) is 9.82. The molecule has 2 heterocycles. The van der Waals surface area contributed by atoms with E-state index in [1.807, 2.05) is 4.90 Å². The number of furan rings is 1. The molecule has 3 atom stereocenters. The second kappa shape index (κ2) is 4.14. The van der Waals surface area contributed by atoms with Crippen LogP contribution in [0.1, 0.15) is 23.2 Å². The van der Waals surface area contributed by atoms with Crippen molar-refractivity contribution in [3.05, 3.63) is 22.6 Å². The molecule has 1 aliphatic heterocycles. The fraction of sp³-hybridized carbons (Fsp3) is 0.583. The van der Waals surface area contributed by atoms with Crippen molar-refractivity contribution in [1.29, 1.82) is 0 Å². The molecule has 0 spiro atoms. The summed E-state index contributed by atoms with van der Waals surface area (Å²) in [6.07, 6.45) is 3.18. The molecule has 1 amide bonds. The topological polar surface area (TPSA) is 53.7 Å². The first kappa shape index (κ1) is 11.3. The predicted octanol–water partition coefficient (Wildman–Crippen LogP) is 1.88. The number of carbonyl (C=O) groups is 1. The van der Waals surface area contributed by atoms with E-state index in [4.69, 9.17) is 4.42 Å². The molecule has 1 aromatic rings. The Morgan fingerprint density at radius 3 is 2.94 bits per heavy atom. The van der Waals surface area contributed by atoms with Crippen molar-refractivity contribution in [2.24, 2.45) is 11.8 Å². The Morgan fingerprint density at radius 1 is 1.47 bits per heavy atom. The van der Waals surface area contributed by atoms with Crippen LogP contribution in [0.15, 0.2) is 21.4 Å². The number of rotatable bonds is 1. The molecular weight excluding hydrogens is 286 g/mol. The molecule has 1 saturated heterocycles. The van der Waals surface area contributed by atoms with Gasteiger partial charge >= 0.3 is 0 Å². The first-order valence-electron chi connectivity index (χ1n) is 5.87. The number of likely N-dealkylation sites (tertiary alicyclic amines) is 1. The van der Waals surface area contributed by atoms with Crippen LogP contribution in [-0.4, -0.2) is 35.1 Å². The number of halogens is 1. The Balaban J connectivity index is 1.75. The predicted molar refractivity (Wildman–Crippen MR) is 64.5 cm³/mol. The van der Waals surface area contributed by atoms with Gasteiger partial charge in [0.15, 0.2) is 4.67 Å². The maximum absolute atomic E-state index is 12.2. The number of fused-ring (bicyclic) bond motifs is 1. The molecule has 0 aromatic carbocycles. The Hall–Kier alpha value is -0.810. The molecule has 17 heavy (non-hydrogen) atoms. The van der Waals surface area contributed by atoms with Gasteiger partial charge in [-0.3, -0.25) is 4.79 Å². The smallest absolute Gasteiger partial charge is 0.258 e. The molecule has 0 bridgehead atoms. The number of aliphatic hydroxyl groups is 1. The van der Waals surface area contributed by atoms with Crippen molar-refractivity contribution in [2.75, 3.05) is 13.1 Å². The van der Waals surface area contributed by atoms with Crippen molar-refractivity contribution < 1.29 is 14.3 Å². The maximum Gasteiger partial charge on any atom is 0.258 e. The Labute approximate surface area is 108 Å². The van der Waals surface area contributed by atoms with Crippen LogP contribution in [0.3, 0.4) is 0 Å². The SMILES string of the molecule is O=C(c1ccoc1Br)N1CC2CCC(O)C2C1. The van der Waals surface area contributed by atoms with Crippen LogP contribution in [0.25, 0.3) is 0 Å². The van der Waals surface area contributed by atoms with E-state index in [0.29, 0.717) is 22.7 Å². The van der Waals surface area contributed by atoms with E-state index in [1.165, 1.54) is 6.26 Å². The van der Waals surface area contributed by atoms with E-state index in [1.54, 1.807) is 6.07 Å². The molecule has 3 unspecified atom stereocenters. The average molecular weight is 300 g/mol.